The molecule has 0 unspecified atom stereocenters. The maximum atomic E-state index is 12.2. The fourth-order valence-electron chi connectivity index (χ4n) is 6.46. The summed E-state index contributed by atoms with van der Waals surface area (Å²) < 4.78 is 6.53. The lowest BCUT2D eigenvalue weighted by Gasteiger charge is -2.61. The van der Waals surface area contributed by atoms with E-state index in [9.17, 15) is 4.79 Å². The molecule has 6 rings (SSSR count). The van der Waals surface area contributed by atoms with Gasteiger partial charge in [0.05, 0.1) is 25.1 Å². The Morgan fingerprint density at radius 3 is 2.68 bits per heavy atom. The van der Waals surface area contributed by atoms with Crippen LogP contribution < -0.4 is 5.73 Å². The molecule has 3 saturated carbocycles. The van der Waals surface area contributed by atoms with Gasteiger partial charge in [0.1, 0.15) is 12.1 Å². The van der Waals surface area contributed by atoms with Crippen LogP contribution in [0.1, 0.15) is 51.7 Å². The maximum Gasteiger partial charge on any atom is 0.326 e. The Kier molecular flexibility index (Phi) is 7.51. The predicted molar refractivity (Wildman–Crippen MR) is 138 cm³/mol. The predicted octanol–water partition coefficient (Wildman–Crippen LogP) is 4.97. The number of hydrogen-bond donors (Lipinski definition) is 1. The third kappa shape index (κ3) is 4.57. The standard InChI is InChI=1S/C15H17IN4O3.C10H19N/c1-8-10(4-3-5-11(8)16)7-20-14-13(9(2)22-15(14)21)12(23-20)6-18-19-17;1-6-8-4-7(5-9(6)11)10(8,2)3/h3-5,9,12-14H,6-7H2,1-2H3;6-9H,4-5,11H2,1-3H3/t9-,12-,13+,14-;6-,7+,8-,9-/m00/s1. The summed E-state index contributed by atoms with van der Waals surface area (Å²) in [5.74, 6) is 2.22. The Labute approximate surface area is 215 Å². The van der Waals surface area contributed by atoms with E-state index in [-0.39, 0.29) is 30.6 Å². The SMILES string of the molecule is C[C@@H]1[C@@H](N)C[C@H]2C[C@@H]1C2(C)C.Cc1c(I)cccc1CN1O[C@@H](CN=[N+]=[N-])[C@H]2[C@H](C)OC(=O)[C@H]21. The van der Waals surface area contributed by atoms with E-state index in [1.54, 1.807) is 5.06 Å². The number of benzene rings is 1. The van der Waals surface area contributed by atoms with Gasteiger partial charge in [0.2, 0.25) is 0 Å². The molecule has 2 N–H and O–H groups in total. The minimum Gasteiger partial charge on any atom is -0.461 e. The van der Waals surface area contributed by atoms with Gasteiger partial charge in [-0.15, -0.1) is 0 Å². The van der Waals surface area contributed by atoms with Crippen LogP contribution in [0.3, 0.4) is 0 Å². The van der Waals surface area contributed by atoms with Gasteiger partial charge in [0.25, 0.3) is 0 Å². The van der Waals surface area contributed by atoms with Crippen molar-refractivity contribution in [2.24, 2.45) is 39.9 Å². The second-order valence-corrected chi connectivity index (χ2v) is 12.1. The third-order valence-electron chi connectivity index (χ3n) is 8.90. The van der Waals surface area contributed by atoms with E-state index in [1.807, 2.05) is 25.1 Å². The fraction of sp³-hybridized carbons (Fsp3) is 0.720. The van der Waals surface area contributed by atoms with Crippen LogP contribution in [0.4, 0.5) is 0 Å². The molecule has 8 atom stereocenters. The minimum atomic E-state index is -0.443. The van der Waals surface area contributed by atoms with Crippen molar-refractivity contribution in [1.82, 2.24) is 5.06 Å². The first kappa shape index (κ1) is 25.7. The molecule has 0 spiro atoms. The van der Waals surface area contributed by atoms with E-state index in [2.05, 4.69) is 60.3 Å². The molecule has 186 valence electrons. The van der Waals surface area contributed by atoms with Crippen molar-refractivity contribution >= 4 is 28.6 Å². The van der Waals surface area contributed by atoms with Crippen LogP contribution in [0, 0.1) is 39.6 Å². The molecule has 1 aromatic rings. The van der Waals surface area contributed by atoms with Crippen molar-refractivity contribution < 1.29 is 14.4 Å². The van der Waals surface area contributed by atoms with Gasteiger partial charge in [-0.2, -0.15) is 5.06 Å². The molecule has 0 aromatic heterocycles. The molecule has 5 fully saturated rings. The first-order valence-electron chi connectivity index (χ1n) is 12.2. The number of azide groups is 1. The summed E-state index contributed by atoms with van der Waals surface area (Å²) >= 11 is 2.29. The number of carbonyl (C=O) groups excluding carboxylic acids is 1. The van der Waals surface area contributed by atoms with Crippen LogP contribution in [-0.4, -0.2) is 41.9 Å². The van der Waals surface area contributed by atoms with Crippen molar-refractivity contribution in [2.45, 2.75) is 78.3 Å². The molecule has 2 heterocycles. The molecule has 2 bridgehead atoms. The number of rotatable bonds is 4. The Balaban J connectivity index is 0.000000207. The van der Waals surface area contributed by atoms with Gasteiger partial charge in [-0.25, -0.2) is 0 Å². The lowest BCUT2D eigenvalue weighted by Crippen LogP contribution is -2.58. The smallest absolute Gasteiger partial charge is 0.326 e. The monoisotopic (exact) mass is 581 g/mol. The highest BCUT2D eigenvalue weighted by Gasteiger charge is 2.56. The van der Waals surface area contributed by atoms with Crippen molar-refractivity contribution in [1.29, 1.82) is 0 Å². The van der Waals surface area contributed by atoms with Crippen LogP contribution >= 0.6 is 22.6 Å². The molecule has 0 radical (unpaired) electrons. The summed E-state index contributed by atoms with van der Waals surface area (Å²) in [5, 5.41) is 5.29. The molecular formula is C25H36IN5O3. The number of ether oxygens (including phenoxy) is 1. The van der Waals surface area contributed by atoms with Crippen LogP contribution in [-0.2, 0) is 20.9 Å². The quantitative estimate of drug-likeness (QED) is 0.177. The van der Waals surface area contributed by atoms with E-state index < -0.39 is 6.04 Å². The van der Waals surface area contributed by atoms with E-state index >= 15 is 0 Å². The van der Waals surface area contributed by atoms with Gasteiger partial charge < -0.3 is 10.5 Å². The fourth-order valence-corrected chi connectivity index (χ4v) is 7.01. The Morgan fingerprint density at radius 1 is 1.32 bits per heavy atom. The molecule has 9 heteroatoms. The summed E-state index contributed by atoms with van der Waals surface area (Å²) in [4.78, 5) is 20.9. The number of fused-ring (bicyclic) bond motifs is 3. The normalized spacial score (nSPS) is 37.6. The second kappa shape index (κ2) is 9.93. The molecule has 0 amide bonds. The summed E-state index contributed by atoms with van der Waals surface area (Å²) in [5.41, 5.74) is 17.4. The minimum absolute atomic E-state index is 0.115. The Bertz CT molecular complexity index is 981. The molecule has 8 nitrogen and oxygen atoms in total. The van der Waals surface area contributed by atoms with Crippen molar-refractivity contribution in [3.8, 4) is 0 Å². The zero-order valence-electron chi connectivity index (χ0n) is 20.6. The van der Waals surface area contributed by atoms with Crippen molar-refractivity contribution in [3.63, 3.8) is 0 Å². The number of nitrogens with zero attached hydrogens (tertiary/aromatic N) is 4. The van der Waals surface area contributed by atoms with Crippen LogP contribution in [0.2, 0.25) is 0 Å². The highest BCUT2D eigenvalue weighted by Crippen LogP contribution is 2.60. The number of hydrogen-bond acceptors (Lipinski definition) is 6. The second-order valence-electron chi connectivity index (χ2n) is 10.9. The molecule has 2 saturated heterocycles. The lowest BCUT2D eigenvalue weighted by molar-refractivity contribution is -0.188. The van der Waals surface area contributed by atoms with Gasteiger partial charge >= 0.3 is 5.97 Å². The van der Waals surface area contributed by atoms with Crippen molar-refractivity contribution in [3.05, 3.63) is 43.3 Å². The molecular weight excluding hydrogens is 545 g/mol. The Hall–Kier alpha value is -1.39. The average molecular weight is 581 g/mol. The molecule has 34 heavy (non-hydrogen) atoms. The number of hydroxylamine groups is 2. The molecule has 1 aromatic carbocycles. The van der Waals surface area contributed by atoms with Crippen molar-refractivity contribution in [2.75, 3.05) is 6.54 Å². The third-order valence-corrected chi connectivity index (χ3v) is 10.1. The van der Waals surface area contributed by atoms with E-state index in [0.29, 0.717) is 18.0 Å². The average Bonchev–Trinajstić information content (AvgIpc) is 3.30. The molecule has 3 aliphatic carbocycles. The summed E-state index contributed by atoms with van der Waals surface area (Å²) in [6.07, 6.45) is 2.14. The Morgan fingerprint density at radius 2 is 2.06 bits per heavy atom. The number of nitrogens with two attached hydrogens (primary N) is 1. The molecule has 2 aliphatic heterocycles. The van der Waals surface area contributed by atoms with Gasteiger partial charge in [-0.3, -0.25) is 9.63 Å². The van der Waals surface area contributed by atoms with Crippen LogP contribution in [0.25, 0.3) is 10.4 Å². The number of carbonyl (C=O) groups is 1. The van der Waals surface area contributed by atoms with Crippen LogP contribution in [0.15, 0.2) is 23.3 Å². The largest absolute Gasteiger partial charge is 0.461 e. The van der Waals surface area contributed by atoms with Crippen LogP contribution in [0.5, 0.6) is 0 Å². The van der Waals surface area contributed by atoms with E-state index in [4.69, 9.17) is 20.8 Å². The summed E-state index contributed by atoms with van der Waals surface area (Å²) in [7, 11) is 0. The van der Waals surface area contributed by atoms with Gasteiger partial charge in [-0.05, 0) is 95.2 Å². The highest BCUT2D eigenvalue weighted by atomic mass is 127. The zero-order chi connectivity index (χ0) is 24.8. The van der Waals surface area contributed by atoms with Gasteiger partial charge in [0.15, 0.2) is 0 Å². The maximum absolute atomic E-state index is 12.2. The van der Waals surface area contributed by atoms with Gasteiger partial charge in [0, 0.05) is 14.5 Å². The van der Waals surface area contributed by atoms with E-state index in [1.165, 1.54) is 22.0 Å². The van der Waals surface area contributed by atoms with Gasteiger partial charge in [-0.1, -0.05) is 38.0 Å². The first-order chi connectivity index (χ1) is 16.1. The summed E-state index contributed by atoms with van der Waals surface area (Å²) in [6.45, 7) is 11.8. The zero-order valence-corrected chi connectivity index (χ0v) is 22.8. The number of halogens is 1. The first-order valence-corrected chi connectivity index (χ1v) is 13.3. The van der Waals surface area contributed by atoms with E-state index in [0.717, 1.165) is 23.3 Å². The topological polar surface area (TPSA) is 114 Å². The number of esters is 1. The number of cyclic esters (lactones) is 1. The molecule has 5 aliphatic rings. The lowest BCUT2D eigenvalue weighted by atomic mass is 9.45. The summed E-state index contributed by atoms with van der Waals surface area (Å²) in [6, 6.07) is 6.11. The highest BCUT2D eigenvalue weighted by molar-refractivity contribution is 14.1.